The molecule has 0 saturated heterocycles. The fraction of sp³-hybridized carbons (Fsp3) is 0.308. The molecule has 0 aliphatic heterocycles. The highest BCUT2D eigenvalue weighted by Gasteiger charge is 2.08. The van der Waals surface area contributed by atoms with Crippen molar-refractivity contribution in [3.63, 3.8) is 0 Å². The van der Waals surface area contributed by atoms with E-state index in [1.165, 1.54) is 5.56 Å². The molecule has 2 rings (SSSR count). The van der Waals surface area contributed by atoms with Crippen LogP contribution in [-0.4, -0.2) is 28.8 Å². The summed E-state index contributed by atoms with van der Waals surface area (Å²) in [7, 11) is 2.00. The zero-order valence-corrected chi connectivity index (χ0v) is 10.5. The molecule has 0 aromatic carbocycles. The zero-order chi connectivity index (χ0) is 12.8. The van der Waals surface area contributed by atoms with Crippen LogP contribution in [0.5, 0.6) is 0 Å². The summed E-state index contributed by atoms with van der Waals surface area (Å²) in [6, 6.07) is 5.95. The molecule has 5 heteroatoms. The van der Waals surface area contributed by atoms with Gasteiger partial charge in [0.05, 0.1) is 6.20 Å². The van der Waals surface area contributed by atoms with Gasteiger partial charge in [0, 0.05) is 38.1 Å². The maximum absolute atomic E-state index is 5.69. The van der Waals surface area contributed by atoms with Gasteiger partial charge in [0.25, 0.3) is 0 Å². The molecule has 2 aromatic rings. The standard InChI is InChI=1S/C13H17N5/c1-18(9-5-11-2-6-15-7-3-11)13-12(10-14)4-8-16-17-13/h2-4,6-8H,5,9-10,14H2,1H3. The number of hydrogen-bond donors (Lipinski definition) is 1. The van der Waals surface area contributed by atoms with Gasteiger partial charge in [-0.25, -0.2) is 0 Å². The van der Waals surface area contributed by atoms with Crippen molar-refractivity contribution in [1.82, 2.24) is 15.2 Å². The fourth-order valence-electron chi connectivity index (χ4n) is 1.78. The van der Waals surface area contributed by atoms with Gasteiger partial charge in [-0.2, -0.15) is 5.10 Å². The van der Waals surface area contributed by atoms with Crippen LogP contribution < -0.4 is 10.6 Å². The van der Waals surface area contributed by atoms with Crippen LogP contribution in [0.15, 0.2) is 36.8 Å². The lowest BCUT2D eigenvalue weighted by atomic mass is 10.2. The first-order chi connectivity index (χ1) is 8.81. The number of hydrogen-bond acceptors (Lipinski definition) is 5. The number of nitrogens with zero attached hydrogens (tertiary/aromatic N) is 4. The molecule has 0 aliphatic rings. The van der Waals surface area contributed by atoms with Crippen LogP contribution in [0.25, 0.3) is 0 Å². The molecule has 2 N–H and O–H groups in total. The number of likely N-dealkylation sites (N-methyl/N-ethyl adjacent to an activating group) is 1. The first-order valence-corrected chi connectivity index (χ1v) is 5.92. The minimum atomic E-state index is 0.477. The SMILES string of the molecule is CN(CCc1ccncc1)c1nnccc1CN. The van der Waals surface area contributed by atoms with Crippen molar-refractivity contribution in [2.75, 3.05) is 18.5 Å². The highest BCUT2D eigenvalue weighted by molar-refractivity contribution is 5.44. The maximum Gasteiger partial charge on any atom is 0.155 e. The minimum absolute atomic E-state index is 0.477. The minimum Gasteiger partial charge on any atom is -0.358 e. The third-order valence-corrected chi connectivity index (χ3v) is 2.85. The van der Waals surface area contributed by atoms with E-state index in [1.807, 2.05) is 37.6 Å². The number of pyridine rings is 1. The third kappa shape index (κ3) is 3.01. The number of rotatable bonds is 5. The molecule has 0 spiro atoms. The van der Waals surface area contributed by atoms with Crippen LogP contribution in [0.3, 0.4) is 0 Å². The molecule has 0 amide bonds. The Morgan fingerprint density at radius 2 is 1.94 bits per heavy atom. The van der Waals surface area contributed by atoms with E-state index < -0.39 is 0 Å². The second kappa shape index (κ2) is 6.07. The average molecular weight is 243 g/mol. The lowest BCUT2D eigenvalue weighted by molar-refractivity contribution is 0.822. The molecule has 2 aromatic heterocycles. The summed E-state index contributed by atoms with van der Waals surface area (Å²) < 4.78 is 0. The molecular formula is C13H17N5. The van der Waals surface area contributed by atoms with Gasteiger partial charge in [0.2, 0.25) is 0 Å². The van der Waals surface area contributed by atoms with Crippen LogP contribution in [0, 0.1) is 0 Å². The van der Waals surface area contributed by atoms with Crippen molar-refractivity contribution in [3.8, 4) is 0 Å². The van der Waals surface area contributed by atoms with Crippen LogP contribution in [0.4, 0.5) is 5.82 Å². The molecule has 94 valence electrons. The first kappa shape index (κ1) is 12.4. The van der Waals surface area contributed by atoms with Crippen molar-refractivity contribution in [2.24, 2.45) is 5.73 Å². The lowest BCUT2D eigenvalue weighted by Gasteiger charge is -2.19. The van der Waals surface area contributed by atoms with Crippen molar-refractivity contribution in [1.29, 1.82) is 0 Å². The Morgan fingerprint density at radius 1 is 1.17 bits per heavy atom. The molecule has 0 aliphatic carbocycles. The summed E-state index contributed by atoms with van der Waals surface area (Å²) in [6.45, 7) is 1.35. The van der Waals surface area contributed by atoms with E-state index in [0.717, 1.165) is 24.3 Å². The molecule has 5 nitrogen and oxygen atoms in total. The summed E-state index contributed by atoms with van der Waals surface area (Å²) in [5, 5.41) is 8.06. The highest BCUT2D eigenvalue weighted by atomic mass is 15.2. The van der Waals surface area contributed by atoms with Gasteiger partial charge in [0.1, 0.15) is 0 Å². The predicted octanol–water partition coefficient (Wildman–Crippen LogP) is 1.01. The Labute approximate surface area is 107 Å². The fourth-order valence-corrected chi connectivity index (χ4v) is 1.78. The molecule has 0 bridgehead atoms. The summed E-state index contributed by atoms with van der Waals surface area (Å²) in [6.07, 6.45) is 6.23. The second-order valence-corrected chi connectivity index (χ2v) is 4.11. The van der Waals surface area contributed by atoms with Crippen LogP contribution in [-0.2, 0) is 13.0 Å². The molecule has 0 unspecified atom stereocenters. The normalized spacial score (nSPS) is 10.3. The average Bonchev–Trinajstić information content (AvgIpc) is 2.45. The van der Waals surface area contributed by atoms with E-state index >= 15 is 0 Å². The molecular weight excluding hydrogens is 226 g/mol. The quantitative estimate of drug-likeness (QED) is 0.848. The van der Waals surface area contributed by atoms with E-state index in [0.29, 0.717) is 6.54 Å². The summed E-state index contributed by atoms with van der Waals surface area (Å²) in [5.41, 5.74) is 7.97. The Morgan fingerprint density at radius 3 is 2.67 bits per heavy atom. The Bertz CT molecular complexity index is 486. The van der Waals surface area contributed by atoms with Gasteiger partial charge in [-0.05, 0) is 30.2 Å². The van der Waals surface area contributed by atoms with E-state index in [1.54, 1.807) is 6.20 Å². The molecule has 2 heterocycles. The van der Waals surface area contributed by atoms with Gasteiger partial charge in [0.15, 0.2) is 5.82 Å². The maximum atomic E-state index is 5.69. The van der Waals surface area contributed by atoms with E-state index in [4.69, 9.17) is 5.73 Å². The van der Waals surface area contributed by atoms with Crippen molar-refractivity contribution in [3.05, 3.63) is 47.9 Å². The topological polar surface area (TPSA) is 67.9 Å². The van der Waals surface area contributed by atoms with Gasteiger partial charge in [-0.3, -0.25) is 4.98 Å². The van der Waals surface area contributed by atoms with Crippen molar-refractivity contribution < 1.29 is 0 Å². The molecule has 0 saturated carbocycles. The van der Waals surface area contributed by atoms with E-state index in [2.05, 4.69) is 20.1 Å². The third-order valence-electron chi connectivity index (χ3n) is 2.85. The Balaban J connectivity index is 2.01. The monoisotopic (exact) mass is 243 g/mol. The van der Waals surface area contributed by atoms with Crippen LogP contribution in [0.2, 0.25) is 0 Å². The molecule has 0 atom stereocenters. The summed E-state index contributed by atoms with van der Waals surface area (Å²) in [4.78, 5) is 6.08. The van der Waals surface area contributed by atoms with Gasteiger partial charge in [-0.1, -0.05) is 0 Å². The molecule has 0 fully saturated rings. The van der Waals surface area contributed by atoms with Crippen LogP contribution >= 0.6 is 0 Å². The number of anilines is 1. The van der Waals surface area contributed by atoms with Gasteiger partial charge < -0.3 is 10.6 Å². The smallest absolute Gasteiger partial charge is 0.155 e. The largest absolute Gasteiger partial charge is 0.358 e. The highest BCUT2D eigenvalue weighted by Crippen LogP contribution is 2.14. The van der Waals surface area contributed by atoms with E-state index in [-0.39, 0.29) is 0 Å². The van der Waals surface area contributed by atoms with Crippen molar-refractivity contribution >= 4 is 5.82 Å². The molecule has 0 radical (unpaired) electrons. The zero-order valence-electron chi connectivity index (χ0n) is 10.5. The summed E-state index contributed by atoms with van der Waals surface area (Å²) >= 11 is 0. The lowest BCUT2D eigenvalue weighted by Crippen LogP contribution is -2.23. The van der Waals surface area contributed by atoms with Gasteiger partial charge >= 0.3 is 0 Å². The number of nitrogens with two attached hydrogens (primary N) is 1. The predicted molar refractivity (Wildman–Crippen MR) is 71.1 cm³/mol. The first-order valence-electron chi connectivity index (χ1n) is 5.92. The van der Waals surface area contributed by atoms with E-state index in [9.17, 15) is 0 Å². The van der Waals surface area contributed by atoms with Crippen molar-refractivity contribution in [2.45, 2.75) is 13.0 Å². The van der Waals surface area contributed by atoms with Crippen LogP contribution in [0.1, 0.15) is 11.1 Å². The second-order valence-electron chi connectivity index (χ2n) is 4.11. The van der Waals surface area contributed by atoms with Gasteiger partial charge in [-0.15, -0.1) is 5.10 Å². The summed E-state index contributed by atoms with van der Waals surface area (Å²) in [5.74, 6) is 0.856. The number of aromatic nitrogens is 3. The Hall–Kier alpha value is -2.01. The molecule has 18 heavy (non-hydrogen) atoms. The Kier molecular flexibility index (Phi) is 4.20.